The molecule has 0 aliphatic carbocycles. The van der Waals surface area contributed by atoms with Crippen LogP contribution in [0.2, 0.25) is 0 Å². The number of aliphatic hydroxyl groups excluding tert-OH is 1. The molecule has 0 fully saturated rings. The van der Waals surface area contributed by atoms with Gasteiger partial charge in [-0.05, 0) is 32.0 Å². The average molecular weight is 268 g/mol. The molecule has 19 heavy (non-hydrogen) atoms. The van der Waals surface area contributed by atoms with Gasteiger partial charge in [-0.25, -0.2) is 0 Å². The standard InChI is InChI=1S/C13H20N2O4/c1-4-14-7-11(16)8-19-13-6-9(2)12(15(17)18)5-10(13)3/h5-6,11,14,16H,4,7-8H2,1-3H3. The Kier molecular flexibility index (Phi) is 5.72. The molecule has 2 N–H and O–H groups in total. The van der Waals surface area contributed by atoms with Gasteiger partial charge in [-0.15, -0.1) is 0 Å². The summed E-state index contributed by atoms with van der Waals surface area (Å²) in [4.78, 5) is 10.4. The summed E-state index contributed by atoms with van der Waals surface area (Å²) in [6.07, 6.45) is -0.602. The lowest BCUT2D eigenvalue weighted by Crippen LogP contribution is -2.31. The first-order chi connectivity index (χ1) is 8.95. The lowest BCUT2D eigenvalue weighted by Gasteiger charge is -2.14. The number of likely N-dealkylation sites (N-methyl/N-ethyl adjacent to an activating group) is 1. The van der Waals surface area contributed by atoms with Gasteiger partial charge in [-0.2, -0.15) is 0 Å². The molecule has 0 bridgehead atoms. The molecule has 0 spiro atoms. The van der Waals surface area contributed by atoms with Crippen molar-refractivity contribution < 1.29 is 14.8 Å². The van der Waals surface area contributed by atoms with Gasteiger partial charge >= 0.3 is 0 Å². The number of hydrogen-bond acceptors (Lipinski definition) is 5. The number of aliphatic hydroxyl groups is 1. The molecular formula is C13H20N2O4. The van der Waals surface area contributed by atoms with E-state index in [4.69, 9.17) is 4.74 Å². The van der Waals surface area contributed by atoms with Crippen molar-refractivity contribution in [3.63, 3.8) is 0 Å². The number of benzene rings is 1. The zero-order valence-corrected chi connectivity index (χ0v) is 11.5. The summed E-state index contributed by atoms with van der Waals surface area (Å²) in [5.41, 5.74) is 1.32. The smallest absolute Gasteiger partial charge is 0.272 e. The molecule has 0 heterocycles. The normalized spacial score (nSPS) is 12.2. The van der Waals surface area contributed by atoms with Gasteiger partial charge in [0.15, 0.2) is 0 Å². The fraction of sp³-hybridized carbons (Fsp3) is 0.538. The van der Waals surface area contributed by atoms with Gasteiger partial charge in [0.2, 0.25) is 0 Å². The van der Waals surface area contributed by atoms with E-state index < -0.39 is 11.0 Å². The minimum Gasteiger partial charge on any atom is -0.491 e. The molecule has 6 nitrogen and oxygen atoms in total. The number of nitrogens with zero attached hydrogens (tertiary/aromatic N) is 1. The number of aryl methyl sites for hydroxylation is 2. The monoisotopic (exact) mass is 268 g/mol. The molecule has 0 radical (unpaired) electrons. The van der Waals surface area contributed by atoms with Crippen LogP contribution in [0.5, 0.6) is 5.75 Å². The Balaban J connectivity index is 2.69. The fourth-order valence-corrected chi connectivity index (χ4v) is 1.68. The van der Waals surface area contributed by atoms with E-state index in [9.17, 15) is 15.2 Å². The molecule has 1 rings (SSSR count). The lowest BCUT2D eigenvalue weighted by atomic mass is 10.1. The van der Waals surface area contributed by atoms with E-state index in [1.165, 1.54) is 6.07 Å². The summed E-state index contributed by atoms with van der Waals surface area (Å²) in [6.45, 7) is 6.77. The Bertz CT molecular complexity index is 449. The quantitative estimate of drug-likeness (QED) is 0.579. The van der Waals surface area contributed by atoms with Crippen LogP contribution in [0.15, 0.2) is 12.1 Å². The number of nitro benzene ring substituents is 1. The predicted molar refractivity (Wildman–Crippen MR) is 72.6 cm³/mol. The summed E-state index contributed by atoms with van der Waals surface area (Å²) in [7, 11) is 0. The van der Waals surface area contributed by atoms with Gasteiger partial charge in [0.25, 0.3) is 5.69 Å². The third-order valence-electron chi connectivity index (χ3n) is 2.75. The first-order valence-electron chi connectivity index (χ1n) is 6.23. The molecule has 0 aromatic heterocycles. The summed E-state index contributed by atoms with van der Waals surface area (Å²) in [5, 5.41) is 23.4. The van der Waals surface area contributed by atoms with Gasteiger partial charge in [-0.1, -0.05) is 6.92 Å². The number of nitro groups is 1. The molecule has 6 heteroatoms. The van der Waals surface area contributed by atoms with Crippen molar-refractivity contribution in [3.05, 3.63) is 33.4 Å². The van der Waals surface area contributed by atoms with Crippen LogP contribution < -0.4 is 10.1 Å². The maximum absolute atomic E-state index is 10.8. The summed E-state index contributed by atoms with van der Waals surface area (Å²) in [5.74, 6) is 0.568. The second-order valence-electron chi connectivity index (χ2n) is 4.43. The van der Waals surface area contributed by atoms with Crippen LogP contribution in [0, 0.1) is 24.0 Å². The van der Waals surface area contributed by atoms with E-state index in [0.29, 0.717) is 23.4 Å². The third kappa shape index (κ3) is 4.50. The van der Waals surface area contributed by atoms with Crippen molar-refractivity contribution in [2.24, 2.45) is 0 Å². The zero-order valence-electron chi connectivity index (χ0n) is 11.5. The number of rotatable bonds is 7. The van der Waals surface area contributed by atoms with Crippen LogP contribution in [-0.4, -0.2) is 35.8 Å². The Hall–Kier alpha value is -1.66. The number of nitrogens with one attached hydrogen (secondary N) is 1. The Labute approximate surface area is 112 Å². The first-order valence-corrected chi connectivity index (χ1v) is 6.23. The molecule has 1 aromatic carbocycles. The zero-order chi connectivity index (χ0) is 14.4. The molecule has 0 aliphatic heterocycles. The van der Waals surface area contributed by atoms with E-state index in [1.54, 1.807) is 19.9 Å². The summed E-state index contributed by atoms with van der Waals surface area (Å²) >= 11 is 0. The molecular weight excluding hydrogens is 248 g/mol. The van der Waals surface area contributed by atoms with Crippen LogP contribution in [0.25, 0.3) is 0 Å². The molecule has 0 saturated heterocycles. The van der Waals surface area contributed by atoms with Crippen LogP contribution >= 0.6 is 0 Å². The molecule has 1 atom stereocenters. The van der Waals surface area contributed by atoms with Gasteiger partial charge in [0, 0.05) is 18.2 Å². The van der Waals surface area contributed by atoms with E-state index in [2.05, 4.69) is 5.32 Å². The highest BCUT2D eigenvalue weighted by atomic mass is 16.6. The van der Waals surface area contributed by atoms with Crippen molar-refractivity contribution in [1.82, 2.24) is 5.32 Å². The predicted octanol–water partition coefficient (Wildman–Crippen LogP) is 1.56. The molecule has 1 aromatic rings. The molecule has 0 saturated carbocycles. The van der Waals surface area contributed by atoms with E-state index in [1.807, 2.05) is 6.92 Å². The maximum atomic E-state index is 10.8. The molecule has 1 unspecified atom stereocenters. The lowest BCUT2D eigenvalue weighted by molar-refractivity contribution is -0.385. The van der Waals surface area contributed by atoms with Gasteiger partial charge < -0.3 is 15.2 Å². The van der Waals surface area contributed by atoms with Crippen molar-refractivity contribution in [2.45, 2.75) is 26.9 Å². The van der Waals surface area contributed by atoms with Crippen LogP contribution in [0.4, 0.5) is 5.69 Å². The summed E-state index contributed by atoms with van der Waals surface area (Å²) in [6, 6.07) is 3.12. The van der Waals surface area contributed by atoms with E-state index in [0.717, 1.165) is 6.54 Å². The van der Waals surface area contributed by atoms with Gasteiger partial charge in [0.05, 0.1) is 4.92 Å². The van der Waals surface area contributed by atoms with Crippen LogP contribution in [0.1, 0.15) is 18.1 Å². The van der Waals surface area contributed by atoms with Crippen molar-refractivity contribution >= 4 is 5.69 Å². The SMILES string of the molecule is CCNCC(O)COc1cc(C)c([N+](=O)[O-])cc1C. The Morgan fingerprint density at radius 3 is 2.68 bits per heavy atom. The third-order valence-corrected chi connectivity index (χ3v) is 2.75. The number of ether oxygens (including phenoxy) is 1. The second kappa shape index (κ2) is 7.06. The van der Waals surface area contributed by atoms with Crippen molar-refractivity contribution in [3.8, 4) is 5.75 Å². The highest BCUT2D eigenvalue weighted by Crippen LogP contribution is 2.27. The Morgan fingerprint density at radius 2 is 2.11 bits per heavy atom. The fourth-order valence-electron chi connectivity index (χ4n) is 1.68. The van der Waals surface area contributed by atoms with Gasteiger partial charge in [-0.3, -0.25) is 10.1 Å². The molecule has 0 aliphatic rings. The average Bonchev–Trinajstić information content (AvgIpc) is 2.36. The van der Waals surface area contributed by atoms with E-state index in [-0.39, 0.29) is 12.3 Å². The highest BCUT2D eigenvalue weighted by Gasteiger charge is 2.14. The summed E-state index contributed by atoms with van der Waals surface area (Å²) < 4.78 is 5.50. The van der Waals surface area contributed by atoms with Crippen LogP contribution in [-0.2, 0) is 0 Å². The maximum Gasteiger partial charge on any atom is 0.272 e. The van der Waals surface area contributed by atoms with Crippen molar-refractivity contribution in [1.29, 1.82) is 0 Å². The first kappa shape index (κ1) is 15.4. The largest absolute Gasteiger partial charge is 0.491 e. The molecule has 0 amide bonds. The van der Waals surface area contributed by atoms with E-state index >= 15 is 0 Å². The topological polar surface area (TPSA) is 84.6 Å². The highest BCUT2D eigenvalue weighted by molar-refractivity contribution is 5.49. The molecule has 106 valence electrons. The van der Waals surface area contributed by atoms with Crippen molar-refractivity contribution in [2.75, 3.05) is 19.7 Å². The minimum absolute atomic E-state index is 0.0815. The minimum atomic E-state index is -0.602. The Morgan fingerprint density at radius 1 is 1.42 bits per heavy atom. The number of hydrogen-bond donors (Lipinski definition) is 2. The van der Waals surface area contributed by atoms with Crippen LogP contribution in [0.3, 0.4) is 0 Å². The second-order valence-corrected chi connectivity index (χ2v) is 4.43. The van der Waals surface area contributed by atoms with Gasteiger partial charge in [0.1, 0.15) is 18.5 Å².